The molecule has 0 amide bonds. The van der Waals surface area contributed by atoms with E-state index in [9.17, 15) is 14.7 Å². The Hall–Kier alpha value is -3.60. The van der Waals surface area contributed by atoms with Gasteiger partial charge in [0.25, 0.3) is 0 Å². The fourth-order valence-electron chi connectivity index (χ4n) is 4.09. The lowest BCUT2D eigenvalue weighted by Crippen LogP contribution is -2.29. The molecular weight excluding hydrogens is 462 g/mol. The summed E-state index contributed by atoms with van der Waals surface area (Å²) in [6.45, 7) is 4.89. The highest BCUT2D eigenvalue weighted by molar-refractivity contribution is 7.14. The first kappa shape index (κ1) is 24.5. The van der Waals surface area contributed by atoms with Gasteiger partial charge in [0.05, 0.1) is 0 Å². The number of carboxylic acids is 2. The van der Waals surface area contributed by atoms with E-state index in [1.807, 2.05) is 49.4 Å². The molecule has 0 fully saturated rings. The summed E-state index contributed by atoms with van der Waals surface area (Å²) in [5.41, 5.74) is 4.43. The molecule has 1 unspecified atom stereocenters. The molecule has 0 saturated heterocycles. The predicted molar refractivity (Wildman–Crippen MR) is 135 cm³/mol. The number of nitrogens with zero attached hydrogens (tertiary/aromatic N) is 1. The van der Waals surface area contributed by atoms with Crippen molar-refractivity contribution in [3.8, 4) is 17.6 Å². The van der Waals surface area contributed by atoms with Gasteiger partial charge >= 0.3 is 11.9 Å². The van der Waals surface area contributed by atoms with E-state index >= 15 is 0 Å². The monoisotopic (exact) mass is 489 g/mol. The summed E-state index contributed by atoms with van der Waals surface area (Å²) in [6, 6.07) is 17.9. The van der Waals surface area contributed by atoms with Crippen LogP contribution in [-0.4, -0.2) is 33.6 Å². The second-order valence-electron chi connectivity index (χ2n) is 8.62. The number of hydrogen-bond donors (Lipinski definition) is 2. The molecule has 0 spiro atoms. The third-order valence-corrected chi connectivity index (χ3v) is 7.12. The van der Waals surface area contributed by atoms with Crippen molar-refractivity contribution in [2.45, 2.75) is 45.4 Å². The molecule has 6 nitrogen and oxygen atoms in total. The van der Waals surface area contributed by atoms with Gasteiger partial charge in [-0.15, -0.1) is 11.3 Å². The fourth-order valence-corrected chi connectivity index (χ4v) is 5.09. The maximum atomic E-state index is 11.3. The average molecular weight is 490 g/mol. The number of ether oxygens (including phenoxy) is 1. The van der Waals surface area contributed by atoms with Crippen molar-refractivity contribution in [2.75, 3.05) is 6.54 Å². The van der Waals surface area contributed by atoms with Crippen LogP contribution in [0, 0.1) is 11.8 Å². The van der Waals surface area contributed by atoms with Crippen LogP contribution in [0.3, 0.4) is 0 Å². The van der Waals surface area contributed by atoms with Gasteiger partial charge in [-0.05, 0) is 53.8 Å². The van der Waals surface area contributed by atoms with Crippen LogP contribution < -0.4 is 4.74 Å². The van der Waals surface area contributed by atoms with Crippen LogP contribution in [0.1, 0.15) is 56.1 Å². The van der Waals surface area contributed by atoms with Crippen LogP contribution in [0.15, 0.2) is 54.6 Å². The fraction of sp³-hybridized carbons (Fsp3) is 0.286. The van der Waals surface area contributed by atoms with Gasteiger partial charge in [0, 0.05) is 30.4 Å². The van der Waals surface area contributed by atoms with Gasteiger partial charge in [0.15, 0.2) is 0 Å². The van der Waals surface area contributed by atoms with Crippen LogP contribution in [0.5, 0.6) is 5.75 Å². The molecule has 0 aliphatic carbocycles. The van der Waals surface area contributed by atoms with Crippen LogP contribution >= 0.6 is 11.3 Å². The largest absolute Gasteiger partial charge is 0.489 e. The standard InChI is InChI=1S/C28H27NO5S/c1-19(4-2-7-27(30)31)22-8-10-24(11-9-22)34-18-21-6-3-5-20(14-21)16-29-13-12-25-23(17-29)15-26(35-25)28(32)33/h3,5-6,8-11,14-15,19H,7,12-13,16-18H2,1H3,(H,30,31)(H,32,33). The first-order valence-corrected chi connectivity index (χ1v) is 12.3. The van der Waals surface area contributed by atoms with E-state index in [1.165, 1.54) is 21.8 Å². The van der Waals surface area contributed by atoms with Gasteiger partial charge in [-0.25, -0.2) is 4.79 Å². The molecule has 7 heteroatoms. The Kier molecular flexibility index (Phi) is 7.86. The molecule has 180 valence electrons. The molecule has 0 saturated carbocycles. The second kappa shape index (κ2) is 11.2. The Morgan fingerprint density at radius 1 is 1.11 bits per heavy atom. The number of thiophene rings is 1. The number of rotatable bonds is 8. The van der Waals surface area contributed by atoms with Crippen LogP contribution in [0.25, 0.3) is 0 Å². The zero-order valence-corrected chi connectivity index (χ0v) is 20.3. The molecule has 1 aliphatic rings. The van der Waals surface area contributed by atoms with E-state index in [0.717, 1.165) is 48.5 Å². The van der Waals surface area contributed by atoms with E-state index in [0.29, 0.717) is 11.5 Å². The second-order valence-corrected chi connectivity index (χ2v) is 9.75. The predicted octanol–water partition coefficient (Wildman–Crippen LogP) is 5.17. The third-order valence-electron chi connectivity index (χ3n) is 5.90. The van der Waals surface area contributed by atoms with Gasteiger partial charge in [0.1, 0.15) is 23.7 Å². The van der Waals surface area contributed by atoms with Gasteiger partial charge in [-0.3, -0.25) is 9.69 Å². The quantitative estimate of drug-likeness (QED) is 0.425. The number of hydrogen-bond acceptors (Lipinski definition) is 5. The molecule has 2 aromatic carbocycles. The molecule has 0 radical (unpaired) electrons. The molecule has 3 aromatic rings. The molecule has 2 heterocycles. The summed E-state index contributed by atoms with van der Waals surface area (Å²) in [5.74, 6) is 4.59. The third kappa shape index (κ3) is 6.72. The number of fused-ring (bicyclic) bond motifs is 1. The molecule has 2 N–H and O–H groups in total. The van der Waals surface area contributed by atoms with Crippen LogP contribution in [-0.2, 0) is 30.9 Å². The molecule has 4 rings (SSSR count). The van der Waals surface area contributed by atoms with Crippen molar-refractivity contribution in [3.05, 3.63) is 86.6 Å². The van der Waals surface area contributed by atoms with E-state index in [2.05, 4.69) is 28.9 Å². The van der Waals surface area contributed by atoms with Crippen molar-refractivity contribution in [2.24, 2.45) is 0 Å². The zero-order valence-electron chi connectivity index (χ0n) is 19.5. The normalized spacial score (nSPS) is 13.9. The Morgan fingerprint density at radius 2 is 1.89 bits per heavy atom. The number of aromatic carboxylic acids is 1. The summed E-state index contributed by atoms with van der Waals surface area (Å²) < 4.78 is 5.97. The van der Waals surface area contributed by atoms with Crippen molar-refractivity contribution in [1.29, 1.82) is 0 Å². The van der Waals surface area contributed by atoms with Crippen LogP contribution in [0.4, 0.5) is 0 Å². The minimum absolute atomic E-state index is 0.0456. The summed E-state index contributed by atoms with van der Waals surface area (Å²) in [5, 5.41) is 17.9. The van der Waals surface area contributed by atoms with E-state index in [1.54, 1.807) is 0 Å². The smallest absolute Gasteiger partial charge is 0.345 e. The highest BCUT2D eigenvalue weighted by Gasteiger charge is 2.21. The first-order chi connectivity index (χ1) is 16.9. The SMILES string of the molecule is CC(C#CCC(=O)O)c1ccc(OCc2cccc(CN3CCc4sc(C(=O)O)cc4C3)c2)cc1. The van der Waals surface area contributed by atoms with Gasteiger partial charge in [-0.1, -0.05) is 48.2 Å². The van der Waals surface area contributed by atoms with Gasteiger partial charge < -0.3 is 14.9 Å². The first-order valence-electron chi connectivity index (χ1n) is 11.5. The molecule has 1 atom stereocenters. The van der Waals surface area contributed by atoms with Crippen molar-refractivity contribution >= 4 is 23.3 Å². The summed E-state index contributed by atoms with van der Waals surface area (Å²) in [6.07, 6.45) is 0.735. The van der Waals surface area contributed by atoms with Crippen molar-refractivity contribution < 1.29 is 24.5 Å². The minimum Gasteiger partial charge on any atom is -0.489 e. The zero-order chi connectivity index (χ0) is 24.8. The highest BCUT2D eigenvalue weighted by atomic mass is 32.1. The molecule has 1 aromatic heterocycles. The number of aliphatic carboxylic acids is 1. The maximum Gasteiger partial charge on any atom is 0.345 e. The van der Waals surface area contributed by atoms with E-state index in [4.69, 9.17) is 9.84 Å². The van der Waals surface area contributed by atoms with Gasteiger partial charge in [-0.2, -0.15) is 0 Å². The number of benzene rings is 2. The Balaban J connectivity index is 1.31. The van der Waals surface area contributed by atoms with E-state index in [-0.39, 0.29) is 12.3 Å². The van der Waals surface area contributed by atoms with Gasteiger partial charge in [0.2, 0.25) is 0 Å². The highest BCUT2D eigenvalue weighted by Crippen LogP contribution is 2.29. The number of carbonyl (C=O) groups is 2. The van der Waals surface area contributed by atoms with Crippen LogP contribution in [0.2, 0.25) is 0 Å². The Morgan fingerprint density at radius 3 is 2.63 bits per heavy atom. The average Bonchev–Trinajstić information content (AvgIpc) is 3.27. The molecule has 35 heavy (non-hydrogen) atoms. The lowest BCUT2D eigenvalue weighted by molar-refractivity contribution is -0.135. The summed E-state index contributed by atoms with van der Waals surface area (Å²) in [7, 11) is 0. The lowest BCUT2D eigenvalue weighted by atomic mass is 10.0. The summed E-state index contributed by atoms with van der Waals surface area (Å²) >= 11 is 1.39. The van der Waals surface area contributed by atoms with E-state index < -0.39 is 11.9 Å². The molecule has 0 bridgehead atoms. The number of carboxylic acid groups (broad SMARTS) is 2. The topological polar surface area (TPSA) is 87.1 Å². The Labute approximate surface area is 208 Å². The molecule has 1 aliphatic heterocycles. The minimum atomic E-state index is -0.917. The molecular formula is C28H27NO5S. The van der Waals surface area contributed by atoms with Crippen molar-refractivity contribution in [3.63, 3.8) is 0 Å². The van der Waals surface area contributed by atoms with Crippen molar-refractivity contribution in [1.82, 2.24) is 4.90 Å². The Bertz CT molecular complexity index is 1270. The maximum absolute atomic E-state index is 11.3. The summed E-state index contributed by atoms with van der Waals surface area (Å²) in [4.78, 5) is 25.8. The lowest BCUT2D eigenvalue weighted by Gasteiger charge is -2.26.